The first-order valence-electron chi connectivity index (χ1n) is 14.2. The Balaban J connectivity index is 1.12. The van der Waals surface area contributed by atoms with Gasteiger partial charge in [0.25, 0.3) is 0 Å². The molecule has 0 saturated carbocycles. The van der Waals surface area contributed by atoms with Crippen LogP contribution in [0.3, 0.4) is 0 Å². The predicted molar refractivity (Wildman–Crippen MR) is 164 cm³/mol. The molecule has 8 heteroatoms. The van der Waals surface area contributed by atoms with Crippen molar-refractivity contribution in [2.45, 2.75) is 26.7 Å². The number of nitrogens with zero attached hydrogens (tertiary/aromatic N) is 3. The van der Waals surface area contributed by atoms with Crippen molar-refractivity contribution in [3.05, 3.63) is 89.2 Å². The second-order valence-corrected chi connectivity index (χ2v) is 12.2. The average Bonchev–Trinajstić information content (AvgIpc) is 3.43. The Hall–Kier alpha value is -3.81. The summed E-state index contributed by atoms with van der Waals surface area (Å²) in [7, 11) is 0. The van der Waals surface area contributed by atoms with Crippen LogP contribution in [0.2, 0.25) is 5.02 Å². The third kappa shape index (κ3) is 5.97. The molecule has 2 aliphatic rings. The number of carboxylic acid groups (broad SMARTS) is 1. The number of piperazine rings is 1. The molecule has 0 radical (unpaired) electrons. The molecule has 2 aromatic carbocycles. The fourth-order valence-electron chi connectivity index (χ4n) is 5.96. The Morgan fingerprint density at radius 3 is 2.63 bits per heavy atom. The van der Waals surface area contributed by atoms with E-state index in [0.717, 1.165) is 67.3 Å². The minimum absolute atomic E-state index is 0.130. The number of ether oxygens (including phenoxy) is 1. The first-order chi connectivity index (χ1) is 19.7. The molecule has 7 nitrogen and oxygen atoms in total. The van der Waals surface area contributed by atoms with E-state index in [1.54, 1.807) is 12.3 Å². The molecule has 0 amide bonds. The van der Waals surface area contributed by atoms with Crippen molar-refractivity contribution >= 4 is 39.9 Å². The molecule has 41 heavy (non-hydrogen) atoms. The number of hydrogen-bond acceptors (Lipinski definition) is 5. The first kappa shape index (κ1) is 27.4. The number of H-pyrrole nitrogens is 1. The van der Waals surface area contributed by atoms with Gasteiger partial charge in [0.2, 0.25) is 0 Å². The van der Waals surface area contributed by atoms with Crippen LogP contribution in [-0.4, -0.2) is 58.7 Å². The van der Waals surface area contributed by atoms with Gasteiger partial charge in [0.15, 0.2) is 0 Å². The zero-order chi connectivity index (χ0) is 28.6. The number of aromatic nitrogens is 2. The van der Waals surface area contributed by atoms with Gasteiger partial charge in [-0.2, -0.15) is 0 Å². The van der Waals surface area contributed by atoms with Crippen molar-refractivity contribution in [2.75, 3.05) is 37.6 Å². The van der Waals surface area contributed by atoms with Gasteiger partial charge in [-0.05, 0) is 71.7 Å². The average molecular weight is 571 g/mol. The molecule has 1 atom stereocenters. The van der Waals surface area contributed by atoms with Crippen molar-refractivity contribution in [3.63, 3.8) is 0 Å². The van der Waals surface area contributed by atoms with Crippen molar-refractivity contribution < 1.29 is 14.6 Å². The van der Waals surface area contributed by atoms with Crippen LogP contribution in [0.4, 0.5) is 5.69 Å². The number of carbonyl (C=O) groups is 1. The zero-order valence-electron chi connectivity index (χ0n) is 23.4. The first-order valence-corrected chi connectivity index (χ1v) is 14.5. The van der Waals surface area contributed by atoms with Crippen LogP contribution in [0.1, 0.15) is 42.6 Å². The van der Waals surface area contributed by atoms with Crippen LogP contribution in [-0.2, 0) is 0 Å². The summed E-state index contributed by atoms with van der Waals surface area (Å²) in [5, 5.41) is 11.5. The monoisotopic (exact) mass is 570 g/mol. The van der Waals surface area contributed by atoms with Gasteiger partial charge < -0.3 is 19.7 Å². The Labute approximate surface area is 245 Å². The van der Waals surface area contributed by atoms with Gasteiger partial charge in [-0.3, -0.25) is 4.90 Å². The van der Waals surface area contributed by atoms with Crippen LogP contribution in [0, 0.1) is 11.3 Å². The summed E-state index contributed by atoms with van der Waals surface area (Å²) in [6, 6.07) is 17.3. The lowest BCUT2D eigenvalue weighted by Gasteiger charge is -2.43. The fourth-order valence-corrected chi connectivity index (χ4v) is 6.09. The van der Waals surface area contributed by atoms with Crippen LogP contribution in [0.15, 0.2) is 73.1 Å². The van der Waals surface area contributed by atoms with Gasteiger partial charge in [0.05, 0.1) is 6.20 Å². The van der Waals surface area contributed by atoms with E-state index in [-0.39, 0.29) is 11.0 Å². The van der Waals surface area contributed by atoms with Crippen molar-refractivity contribution in [1.29, 1.82) is 0 Å². The molecule has 1 saturated heterocycles. The largest absolute Gasteiger partial charge is 0.478 e. The molecule has 1 fully saturated rings. The van der Waals surface area contributed by atoms with Crippen molar-refractivity contribution in [3.8, 4) is 11.5 Å². The molecule has 1 aliphatic heterocycles. The molecule has 1 unspecified atom stereocenters. The van der Waals surface area contributed by atoms with E-state index in [2.05, 4.69) is 51.8 Å². The van der Waals surface area contributed by atoms with Gasteiger partial charge in [-0.1, -0.05) is 43.7 Å². The lowest BCUT2D eigenvalue weighted by atomic mass is 9.68. The standard InChI is InChI=1S/C33H35ClN4O3/c1-33(2)11-9-23(22-3-5-26(34)6-4-22)17-25(33)21-37-13-15-38(16-14-37)27-7-8-29(32(39)40)30(19-27)41-28-18-24-10-12-35-31(24)36-20-28/h3-10,12,18-20,25H,11,13-17,21H2,1-2H3,(H,35,36)(H,39,40). The molecule has 3 heterocycles. The Morgan fingerprint density at radius 2 is 1.88 bits per heavy atom. The van der Waals surface area contributed by atoms with Gasteiger partial charge in [0, 0.05) is 61.1 Å². The maximum Gasteiger partial charge on any atom is 0.339 e. The highest BCUT2D eigenvalue weighted by atomic mass is 35.5. The number of pyridine rings is 1. The van der Waals surface area contributed by atoms with Gasteiger partial charge >= 0.3 is 5.97 Å². The van der Waals surface area contributed by atoms with Gasteiger partial charge in [-0.15, -0.1) is 0 Å². The molecule has 6 rings (SSSR count). The SMILES string of the molecule is CC1(C)CC=C(c2ccc(Cl)cc2)CC1CN1CCN(c2ccc(C(=O)O)c(Oc3cnc4[nH]ccc4c3)c2)CC1. The number of anilines is 1. The molecular formula is C33H35ClN4O3. The molecule has 212 valence electrons. The summed E-state index contributed by atoms with van der Waals surface area (Å²) < 4.78 is 6.07. The molecule has 4 aromatic rings. The summed E-state index contributed by atoms with van der Waals surface area (Å²) in [6.07, 6.45) is 7.96. The maximum atomic E-state index is 12.0. The van der Waals surface area contributed by atoms with Crippen LogP contribution < -0.4 is 9.64 Å². The maximum absolute atomic E-state index is 12.0. The van der Waals surface area contributed by atoms with E-state index in [4.69, 9.17) is 16.3 Å². The summed E-state index contributed by atoms with van der Waals surface area (Å²) in [5.74, 6) is 0.364. The van der Waals surface area contributed by atoms with Crippen LogP contribution in [0.25, 0.3) is 16.6 Å². The van der Waals surface area contributed by atoms with E-state index in [1.807, 2.05) is 42.6 Å². The highest BCUT2D eigenvalue weighted by Crippen LogP contribution is 2.43. The number of carboxylic acids is 1. The Kier molecular flexibility index (Phi) is 7.49. The van der Waals surface area contributed by atoms with Crippen LogP contribution in [0.5, 0.6) is 11.5 Å². The van der Waals surface area contributed by atoms with E-state index < -0.39 is 5.97 Å². The normalized spacial score (nSPS) is 19.2. The van der Waals surface area contributed by atoms with E-state index in [9.17, 15) is 9.90 Å². The molecule has 0 spiro atoms. The molecule has 2 N–H and O–H groups in total. The number of rotatable bonds is 7. The second kappa shape index (κ2) is 11.2. The van der Waals surface area contributed by atoms with E-state index in [1.165, 1.54) is 11.1 Å². The number of aromatic amines is 1. The fraction of sp³-hybridized carbons (Fsp3) is 0.333. The van der Waals surface area contributed by atoms with Crippen LogP contribution >= 0.6 is 11.6 Å². The van der Waals surface area contributed by atoms with Gasteiger partial charge in [0.1, 0.15) is 22.7 Å². The minimum atomic E-state index is -1.02. The zero-order valence-corrected chi connectivity index (χ0v) is 24.2. The van der Waals surface area contributed by atoms with Gasteiger partial charge in [-0.25, -0.2) is 9.78 Å². The lowest BCUT2D eigenvalue weighted by Crippen LogP contribution is -2.49. The predicted octanol–water partition coefficient (Wildman–Crippen LogP) is 7.35. The lowest BCUT2D eigenvalue weighted by molar-refractivity contribution is 0.0694. The Bertz CT molecular complexity index is 1590. The quantitative estimate of drug-likeness (QED) is 0.242. The molecular weight excluding hydrogens is 536 g/mol. The summed E-state index contributed by atoms with van der Waals surface area (Å²) in [5.41, 5.74) is 4.78. The molecule has 1 aliphatic carbocycles. The summed E-state index contributed by atoms with van der Waals surface area (Å²) in [6.45, 7) is 9.49. The number of hydrogen-bond donors (Lipinski definition) is 2. The van der Waals surface area contributed by atoms with Crippen molar-refractivity contribution in [2.24, 2.45) is 11.3 Å². The summed E-state index contributed by atoms with van der Waals surface area (Å²) in [4.78, 5) is 24.3. The number of fused-ring (bicyclic) bond motifs is 1. The minimum Gasteiger partial charge on any atom is -0.478 e. The number of nitrogens with one attached hydrogen (secondary N) is 1. The number of halogens is 1. The molecule has 0 bridgehead atoms. The third-order valence-corrected chi connectivity index (χ3v) is 8.93. The van der Waals surface area contributed by atoms with E-state index >= 15 is 0 Å². The number of allylic oxidation sites excluding steroid dienone is 2. The van der Waals surface area contributed by atoms with E-state index in [0.29, 0.717) is 17.4 Å². The highest BCUT2D eigenvalue weighted by Gasteiger charge is 2.35. The number of benzene rings is 2. The third-order valence-electron chi connectivity index (χ3n) is 8.68. The van der Waals surface area contributed by atoms with Crippen molar-refractivity contribution in [1.82, 2.24) is 14.9 Å². The topological polar surface area (TPSA) is 81.7 Å². The highest BCUT2D eigenvalue weighted by molar-refractivity contribution is 6.30. The molecule has 2 aromatic heterocycles. The number of aromatic carboxylic acids is 1. The Morgan fingerprint density at radius 1 is 1.10 bits per heavy atom. The smallest absolute Gasteiger partial charge is 0.339 e. The summed E-state index contributed by atoms with van der Waals surface area (Å²) >= 11 is 6.12. The second-order valence-electron chi connectivity index (χ2n) is 11.8.